The number of amides is 2. The first-order valence-corrected chi connectivity index (χ1v) is 10.9. The number of carbonyl (C=O) groups is 2. The zero-order valence-corrected chi connectivity index (χ0v) is 18.1. The summed E-state index contributed by atoms with van der Waals surface area (Å²) in [5.74, 6) is -0.599. The van der Waals surface area contributed by atoms with Gasteiger partial charge in [0, 0.05) is 23.3 Å². The number of hydrogen-bond acceptors (Lipinski definition) is 6. The molecule has 0 unspecified atom stereocenters. The maximum Gasteiger partial charge on any atom is 0.267 e. The van der Waals surface area contributed by atoms with E-state index in [0.717, 1.165) is 16.8 Å². The van der Waals surface area contributed by atoms with Gasteiger partial charge in [-0.05, 0) is 42.8 Å². The number of hydrogen-bond donors (Lipinski definition) is 2. The monoisotopic (exact) mass is 454 g/mol. The number of aromatic nitrogens is 2. The van der Waals surface area contributed by atoms with E-state index in [0.29, 0.717) is 25.6 Å². The van der Waals surface area contributed by atoms with Crippen molar-refractivity contribution in [1.82, 2.24) is 9.97 Å². The highest BCUT2D eigenvalue weighted by molar-refractivity contribution is 7.18. The average molecular weight is 455 g/mol. The summed E-state index contributed by atoms with van der Waals surface area (Å²) in [6.07, 6.45) is 3.41. The molecule has 4 aromatic rings. The van der Waals surface area contributed by atoms with Crippen molar-refractivity contribution in [3.63, 3.8) is 0 Å². The van der Waals surface area contributed by atoms with Gasteiger partial charge in [0.25, 0.3) is 11.8 Å². The Labute approximate surface area is 185 Å². The molecule has 0 spiro atoms. The number of nitrogens with one attached hydrogen (secondary N) is 2. The van der Waals surface area contributed by atoms with E-state index < -0.39 is 0 Å². The van der Waals surface area contributed by atoms with Gasteiger partial charge < -0.3 is 5.32 Å². The zero-order valence-electron chi connectivity index (χ0n) is 15.7. The number of carbonyl (C=O) groups excluding carboxylic acids is 2. The van der Waals surface area contributed by atoms with Crippen LogP contribution in [0.3, 0.4) is 0 Å². The van der Waals surface area contributed by atoms with Gasteiger partial charge in [0.2, 0.25) is 0 Å². The molecular weight excluding hydrogens is 440 g/mol. The standard InChI is InChI=1S/C21H15ClN4O2S2/c1-12-9-17(25-19(27)14-6-2-3-7-15(14)22)30-18(12)20(28)26-21-24-16(11-29-21)13-5-4-8-23-10-13/h2-11H,1H3,(H,25,27)(H,24,26,28). The van der Waals surface area contributed by atoms with Crippen LogP contribution in [0.1, 0.15) is 25.6 Å². The number of pyridine rings is 1. The summed E-state index contributed by atoms with van der Waals surface area (Å²) in [7, 11) is 0. The second-order valence-corrected chi connectivity index (χ2v) is 8.61. The summed E-state index contributed by atoms with van der Waals surface area (Å²) in [5.41, 5.74) is 2.77. The topological polar surface area (TPSA) is 84.0 Å². The van der Waals surface area contributed by atoms with Crippen molar-refractivity contribution < 1.29 is 9.59 Å². The number of thiophene rings is 1. The molecule has 0 aliphatic heterocycles. The van der Waals surface area contributed by atoms with E-state index >= 15 is 0 Å². The maximum atomic E-state index is 12.7. The maximum absolute atomic E-state index is 12.7. The molecule has 0 aliphatic rings. The summed E-state index contributed by atoms with van der Waals surface area (Å²) in [6, 6.07) is 12.3. The Morgan fingerprint density at radius 3 is 2.67 bits per heavy atom. The van der Waals surface area contributed by atoms with Gasteiger partial charge >= 0.3 is 0 Å². The number of nitrogens with zero attached hydrogens (tertiary/aromatic N) is 2. The highest BCUT2D eigenvalue weighted by atomic mass is 35.5. The quantitative estimate of drug-likeness (QED) is 0.403. The van der Waals surface area contributed by atoms with Crippen LogP contribution in [0.25, 0.3) is 11.3 Å². The lowest BCUT2D eigenvalue weighted by atomic mass is 10.2. The molecule has 0 radical (unpaired) electrons. The predicted octanol–water partition coefficient (Wildman–Crippen LogP) is 5.73. The summed E-state index contributed by atoms with van der Waals surface area (Å²) in [5, 5.41) is 8.92. The molecule has 0 bridgehead atoms. The van der Waals surface area contributed by atoms with E-state index in [9.17, 15) is 9.59 Å². The first-order chi connectivity index (χ1) is 14.5. The van der Waals surface area contributed by atoms with Crippen LogP contribution in [0.5, 0.6) is 0 Å². The molecule has 30 heavy (non-hydrogen) atoms. The molecular formula is C21H15ClN4O2S2. The van der Waals surface area contributed by atoms with Gasteiger partial charge in [-0.25, -0.2) is 4.98 Å². The van der Waals surface area contributed by atoms with Crippen LogP contribution in [0, 0.1) is 6.92 Å². The molecule has 2 N–H and O–H groups in total. The summed E-state index contributed by atoms with van der Waals surface area (Å²) in [4.78, 5) is 34.2. The molecule has 3 aromatic heterocycles. The zero-order chi connectivity index (χ0) is 21.1. The van der Waals surface area contributed by atoms with Crippen LogP contribution in [0.2, 0.25) is 5.02 Å². The Balaban J connectivity index is 1.47. The second kappa shape index (κ2) is 8.74. The molecule has 4 rings (SSSR count). The van der Waals surface area contributed by atoms with E-state index in [4.69, 9.17) is 11.6 Å². The number of aryl methyl sites for hydroxylation is 1. The molecule has 6 nitrogen and oxygen atoms in total. The first-order valence-electron chi connectivity index (χ1n) is 8.85. The van der Waals surface area contributed by atoms with Crippen LogP contribution >= 0.6 is 34.3 Å². The fraction of sp³-hybridized carbons (Fsp3) is 0.0476. The number of halogens is 1. The number of thiazole rings is 1. The summed E-state index contributed by atoms with van der Waals surface area (Å²) >= 11 is 8.62. The van der Waals surface area contributed by atoms with Gasteiger partial charge in [-0.15, -0.1) is 22.7 Å². The number of benzene rings is 1. The van der Waals surface area contributed by atoms with E-state index in [1.807, 2.05) is 24.4 Å². The van der Waals surface area contributed by atoms with Crippen LogP contribution in [-0.2, 0) is 0 Å². The molecule has 0 atom stereocenters. The van der Waals surface area contributed by atoms with E-state index in [-0.39, 0.29) is 11.8 Å². The minimum Gasteiger partial charge on any atom is -0.313 e. The Kier molecular flexibility index (Phi) is 5.89. The van der Waals surface area contributed by atoms with E-state index in [2.05, 4.69) is 20.6 Å². The lowest BCUT2D eigenvalue weighted by Gasteiger charge is -2.04. The molecule has 3 heterocycles. The van der Waals surface area contributed by atoms with E-state index in [1.54, 1.807) is 42.7 Å². The van der Waals surface area contributed by atoms with Crippen molar-refractivity contribution in [3.05, 3.63) is 81.3 Å². The van der Waals surface area contributed by atoms with Crippen molar-refractivity contribution in [2.45, 2.75) is 6.92 Å². The van der Waals surface area contributed by atoms with Crippen LogP contribution in [0.4, 0.5) is 10.1 Å². The Hall–Kier alpha value is -3.07. The van der Waals surface area contributed by atoms with Crippen LogP contribution in [0.15, 0.2) is 60.2 Å². The van der Waals surface area contributed by atoms with Gasteiger partial charge in [-0.1, -0.05) is 23.7 Å². The van der Waals surface area contributed by atoms with Crippen LogP contribution in [-0.4, -0.2) is 21.8 Å². The first kappa shape index (κ1) is 20.2. The minimum absolute atomic E-state index is 0.275. The Morgan fingerprint density at radius 1 is 1.07 bits per heavy atom. The largest absolute Gasteiger partial charge is 0.313 e. The summed E-state index contributed by atoms with van der Waals surface area (Å²) in [6.45, 7) is 1.82. The SMILES string of the molecule is Cc1cc(NC(=O)c2ccccc2Cl)sc1C(=O)Nc1nc(-c2cccnc2)cs1. The lowest BCUT2D eigenvalue weighted by Crippen LogP contribution is -2.11. The predicted molar refractivity (Wildman–Crippen MR) is 122 cm³/mol. The average Bonchev–Trinajstić information content (AvgIpc) is 3.35. The van der Waals surface area contributed by atoms with Gasteiger partial charge in [0.15, 0.2) is 5.13 Å². The molecule has 0 aliphatic carbocycles. The number of rotatable bonds is 5. The molecule has 0 saturated heterocycles. The second-order valence-electron chi connectivity index (χ2n) is 6.29. The van der Waals surface area contributed by atoms with E-state index in [1.165, 1.54) is 22.7 Å². The van der Waals surface area contributed by atoms with Gasteiger partial charge in [-0.2, -0.15) is 0 Å². The molecule has 0 fully saturated rings. The lowest BCUT2D eigenvalue weighted by molar-refractivity contribution is 0.102. The van der Waals surface area contributed by atoms with Gasteiger partial charge in [-0.3, -0.25) is 19.9 Å². The highest BCUT2D eigenvalue weighted by Gasteiger charge is 2.18. The van der Waals surface area contributed by atoms with Crippen molar-refractivity contribution in [1.29, 1.82) is 0 Å². The molecule has 0 saturated carbocycles. The minimum atomic E-state index is -0.324. The third-order valence-electron chi connectivity index (χ3n) is 4.16. The van der Waals surface area contributed by atoms with Crippen molar-refractivity contribution in [3.8, 4) is 11.3 Å². The van der Waals surface area contributed by atoms with Gasteiger partial charge in [0.1, 0.15) is 0 Å². The third-order valence-corrected chi connectivity index (χ3v) is 6.40. The fourth-order valence-corrected chi connectivity index (χ4v) is 4.62. The molecule has 150 valence electrons. The molecule has 2 amide bonds. The van der Waals surface area contributed by atoms with Gasteiger partial charge in [0.05, 0.1) is 26.2 Å². The fourth-order valence-electron chi connectivity index (χ4n) is 2.73. The van der Waals surface area contributed by atoms with Crippen LogP contribution < -0.4 is 10.6 Å². The molecule has 1 aromatic carbocycles. The van der Waals surface area contributed by atoms with Crippen molar-refractivity contribution in [2.24, 2.45) is 0 Å². The summed E-state index contributed by atoms with van der Waals surface area (Å²) < 4.78 is 0. The third kappa shape index (κ3) is 4.40. The van der Waals surface area contributed by atoms with Crippen molar-refractivity contribution >= 4 is 56.2 Å². The number of anilines is 2. The Bertz CT molecular complexity index is 1220. The smallest absolute Gasteiger partial charge is 0.267 e. The Morgan fingerprint density at radius 2 is 1.90 bits per heavy atom. The normalized spacial score (nSPS) is 10.6. The highest BCUT2D eigenvalue weighted by Crippen LogP contribution is 2.30. The van der Waals surface area contributed by atoms with Crippen molar-refractivity contribution in [2.75, 3.05) is 10.6 Å². The molecule has 9 heteroatoms.